The van der Waals surface area contributed by atoms with E-state index < -0.39 is 0 Å². The van der Waals surface area contributed by atoms with Crippen LogP contribution >= 0.6 is 23.2 Å². The number of piperazine rings is 1. The first-order chi connectivity index (χ1) is 9.61. The molecular formula is C13H15Cl2N5. The van der Waals surface area contributed by atoms with Crippen molar-refractivity contribution in [1.82, 2.24) is 20.5 Å². The number of aromatic nitrogens is 3. The van der Waals surface area contributed by atoms with E-state index in [-0.39, 0.29) is 0 Å². The summed E-state index contributed by atoms with van der Waals surface area (Å²) in [6.45, 7) is 4.88. The Labute approximate surface area is 127 Å². The fourth-order valence-electron chi connectivity index (χ4n) is 2.33. The summed E-state index contributed by atoms with van der Waals surface area (Å²) in [7, 11) is 0. The second-order valence-corrected chi connectivity index (χ2v) is 5.82. The van der Waals surface area contributed by atoms with E-state index in [0.29, 0.717) is 27.9 Å². The molecule has 1 atom stereocenters. The van der Waals surface area contributed by atoms with E-state index in [9.17, 15) is 0 Å². The van der Waals surface area contributed by atoms with Gasteiger partial charge in [0.1, 0.15) is 0 Å². The third-order valence-corrected chi connectivity index (χ3v) is 3.70. The number of nitrogens with one attached hydrogen (secondary N) is 2. The Morgan fingerprint density at radius 2 is 2.00 bits per heavy atom. The second kappa shape index (κ2) is 5.60. The molecule has 20 heavy (non-hydrogen) atoms. The Bertz CT molecular complexity index is 592. The molecule has 0 radical (unpaired) electrons. The molecule has 2 N–H and O–H groups in total. The normalized spacial score (nSPS) is 19.4. The zero-order valence-electron chi connectivity index (χ0n) is 11.0. The Balaban J connectivity index is 1.86. The highest BCUT2D eigenvalue weighted by Crippen LogP contribution is 2.26. The second-order valence-electron chi connectivity index (χ2n) is 4.94. The highest BCUT2D eigenvalue weighted by Gasteiger charge is 2.19. The van der Waals surface area contributed by atoms with E-state index in [1.54, 1.807) is 6.07 Å². The smallest absolute Gasteiger partial charge is 0.245 e. The number of benzene rings is 1. The average Bonchev–Trinajstić information content (AvgIpc) is 2.87. The van der Waals surface area contributed by atoms with Gasteiger partial charge in [0, 0.05) is 41.3 Å². The van der Waals surface area contributed by atoms with Gasteiger partial charge in [0.05, 0.1) is 0 Å². The average molecular weight is 312 g/mol. The molecule has 0 spiro atoms. The van der Waals surface area contributed by atoms with Crippen molar-refractivity contribution in [2.45, 2.75) is 13.0 Å². The maximum atomic E-state index is 6.01. The van der Waals surface area contributed by atoms with E-state index in [2.05, 4.69) is 32.3 Å². The lowest BCUT2D eigenvalue weighted by atomic mass is 10.2. The van der Waals surface area contributed by atoms with Crippen LogP contribution in [-0.4, -0.2) is 40.9 Å². The minimum atomic E-state index is 0.436. The molecule has 106 valence electrons. The fraction of sp³-hybridized carbons (Fsp3) is 0.385. The summed E-state index contributed by atoms with van der Waals surface area (Å²) in [5, 5.41) is 11.8. The van der Waals surface area contributed by atoms with Crippen molar-refractivity contribution >= 4 is 29.2 Å². The highest BCUT2D eigenvalue weighted by molar-refractivity contribution is 6.35. The van der Waals surface area contributed by atoms with Crippen LogP contribution in [0.4, 0.5) is 5.95 Å². The van der Waals surface area contributed by atoms with Gasteiger partial charge in [-0.15, -0.1) is 5.10 Å². The minimum absolute atomic E-state index is 0.436. The molecule has 0 bridgehead atoms. The van der Waals surface area contributed by atoms with E-state index in [1.165, 1.54) is 0 Å². The Hall–Kier alpha value is -1.30. The van der Waals surface area contributed by atoms with Crippen LogP contribution in [0.3, 0.4) is 0 Å². The van der Waals surface area contributed by atoms with Gasteiger partial charge in [-0.2, -0.15) is 4.98 Å². The summed E-state index contributed by atoms with van der Waals surface area (Å²) < 4.78 is 0. The first-order valence-corrected chi connectivity index (χ1v) is 7.24. The van der Waals surface area contributed by atoms with Crippen LogP contribution in [0.5, 0.6) is 0 Å². The first kappa shape index (κ1) is 13.7. The number of aromatic amines is 1. The van der Waals surface area contributed by atoms with Gasteiger partial charge >= 0.3 is 0 Å². The first-order valence-electron chi connectivity index (χ1n) is 6.49. The van der Waals surface area contributed by atoms with Crippen LogP contribution in [0.1, 0.15) is 6.92 Å². The third-order valence-electron chi connectivity index (χ3n) is 3.26. The molecule has 1 fully saturated rings. The molecular weight excluding hydrogens is 297 g/mol. The van der Waals surface area contributed by atoms with Crippen molar-refractivity contribution in [3.63, 3.8) is 0 Å². The van der Waals surface area contributed by atoms with Gasteiger partial charge in [0.2, 0.25) is 5.95 Å². The fourth-order valence-corrected chi connectivity index (χ4v) is 2.85. The molecule has 0 amide bonds. The zero-order chi connectivity index (χ0) is 14.1. The molecule has 1 aromatic carbocycles. The molecule has 2 heterocycles. The van der Waals surface area contributed by atoms with E-state index in [0.717, 1.165) is 25.2 Å². The van der Waals surface area contributed by atoms with Gasteiger partial charge in [-0.3, -0.25) is 5.10 Å². The highest BCUT2D eigenvalue weighted by atomic mass is 35.5. The number of nitrogens with zero attached hydrogens (tertiary/aromatic N) is 3. The summed E-state index contributed by atoms with van der Waals surface area (Å²) in [4.78, 5) is 6.70. The molecule has 7 heteroatoms. The van der Waals surface area contributed by atoms with Gasteiger partial charge in [0.15, 0.2) is 5.82 Å². The predicted octanol–water partition coefficient (Wildman–Crippen LogP) is 2.58. The van der Waals surface area contributed by atoms with Crippen molar-refractivity contribution in [2.24, 2.45) is 0 Å². The number of hydrogen-bond acceptors (Lipinski definition) is 4. The third kappa shape index (κ3) is 2.90. The van der Waals surface area contributed by atoms with Crippen molar-refractivity contribution in [1.29, 1.82) is 0 Å². The largest absolute Gasteiger partial charge is 0.337 e. The zero-order valence-corrected chi connectivity index (χ0v) is 12.5. The van der Waals surface area contributed by atoms with Gasteiger partial charge in [-0.25, -0.2) is 0 Å². The molecule has 3 rings (SSSR count). The summed E-state index contributed by atoms with van der Waals surface area (Å²) in [6, 6.07) is 5.77. The molecule has 1 saturated heterocycles. The van der Waals surface area contributed by atoms with Crippen LogP contribution in [0, 0.1) is 0 Å². The lowest BCUT2D eigenvalue weighted by Crippen LogP contribution is -2.49. The van der Waals surface area contributed by atoms with Gasteiger partial charge in [-0.1, -0.05) is 23.2 Å². The van der Waals surface area contributed by atoms with Crippen molar-refractivity contribution in [2.75, 3.05) is 24.5 Å². The number of hydrogen-bond donors (Lipinski definition) is 2. The van der Waals surface area contributed by atoms with Gasteiger partial charge < -0.3 is 10.2 Å². The summed E-state index contributed by atoms with van der Waals surface area (Å²) in [5.41, 5.74) is 0.837. The SMILES string of the molecule is C[C@@H]1CN(c2n[nH]c(-c3cc(Cl)cc(Cl)c3)n2)CCN1. The van der Waals surface area contributed by atoms with E-state index >= 15 is 0 Å². The van der Waals surface area contributed by atoms with Crippen LogP contribution in [0.2, 0.25) is 10.0 Å². The van der Waals surface area contributed by atoms with Crippen LogP contribution < -0.4 is 10.2 Å². The maximum Gasteiger partial charge on any atom is 0.245 e. The molecule has 1 aromatic heterocycles. The van der Waals surface area contributed by atoms with Gasteiger partial charge in [-0.05, 0) is 25.1 Å². The van der Waals surface area contributed by atoms with Crippen LogP contribution in [-0.2, 0) is 0 Å². The Morgan fingerprint density at radius 1 is 1.25 bits per heavy atom. The number of halogens is 2. The lowest BCUT2D eigenvalue weighted by Gasteiger charge is -2.30. The monoisotopic (exact) mass is 311 g/mol. The summed E-state index contributed by atoms with van der Waals surface area (Å²) in [6.07, 6.45) is 0. The van der Waals surface area contributed by atoms with Crippen molar-refractivity contribution < 1.29 is 0 Å². The molecule has 1 aliphatic rings. The van der Waals surface area contributed by atoms with E-state index in [1.807, 2.05) is 12.1 Å². The number of H-pyrrole nitrogens is 1. The maximum absolute atomic E-state index is 6.01. The summed E-state index contributed by atoms with van der Waals surface area (Å²) in [5.74, 6) is 1.39. The van der Waals surface area contributed by atoms with Crippen molar-refractivity contribution in [3.8, 4) is 11.4 Å². The van der Waals surface area contributed by atoms with Crippen LogP contribution in [0.15, 0.2) is 18.2 Å². The van der Waals surface area contributed by atoms with Crippen molar-refractivity contribution in [3.05, 3.63) is 28.2 Å². The number of rotatable bonds is 2. The van der Waals surface area contributed by atoms with E-state index in [4.69, 9.17) is 23.2 Å². The lowest BCUT2D eigenvalue weighted by molar-refractivity contribution is 0.480. The Kier molecular flexibility index (Phi) is 3.83. The summed E-state index contributed by atoms with van der Waals surface area (Å²) >= 11 is 12.0. The molecule has 0 unspecified atom stereocenters. The molecule has 2 aromatic rings. The van der Waals surface area contributed by atoms with Crippen LogP contribution in [0.25, 0.3) is 11.4 Å². The standard InChI is InChI=1S/C13H15Cl2N5/c1-8-7-20(3-2-16-8)13-17-12(18-19-13)9-4-10(14)6-11(15)5-9/h4-6,8,16H,2-3,7H2,1H3,(H,17,18,19)/t8-/m1/s1. The molecule has 1 aliphatic heterocycles. The van der Waals surface area contributed by atoms with Gasteiger partial charge in [0.25, 0.3) is 0 Å². The molecule has 5 nitrogen and oxygen atoms in total. The number of anilines is 1. The molecule has 0 aliphatic carbocycles. The topological polar surface area (TPSA) is 56.8 Å². The predicted molar refractivity (Wildman–Crippen MR) is 81.5 cm³/mol. The molecule has 0 saturated carbocycles. The minimum Gasteiger partial charge on any atom is -0.337 e. The Morgan fingerprint density at radius 3 is 2.70 bits per heavy atom. The quantitative estimate of drug-likeness (QED) is 0.895.